The second kappa shape index (κ2) is 7.20. The predicted octanol–water partition coefficient (Wildman–Crippen LogP) is 2.24. The molecule has 0 aromatic heterocycles. The van der Waals surface area contributed by atoms with Crippen molar-refractivity contribution in [3.63, 3.8) is 0 Å². The van der Waals surface area contributed by atoms with Crippen molar-refractivity contribution < 1.29 is 23.8 Å². The van der Waals surface area contributed by atoms with Gasteiger partial charge in [-0.3, -0.25) is 9.59 Å². The monoisotopic (exact) mass is 264 g/mol. The van der Waals surface area contributed by atoms with Crippen LogP contribution in [0.2, 0.25) is 0 Å². The summed E-state index contributed by atoms with van der Waals surface area (Å²) in [5, 5.41) is 0. The molecule has 1 aromatic rings. The third kappa shape index (κ3) is 5.25. The highest BCUT2D eigenvalue weighted by molar-refractivity contribution is 5.70. The number of ether oxygens (including phenoxy) is 3. The van der Waals surface area contributed by atoms with Crippen molar-refractivity contribution in [3.8, 4) is 11.5 Å². The Kier molecular flexibility index (Phi) is 5.60. The summed E-state index contributed by atoms with van der Waals surface area (Å²) in [5.41, 5.74) is 0.948. The predicted molar refractivity (Wildman–Crippen MR) is 68.9 cm³/mol. The molecule has 0 radical (unpaired) electrons. The van der Waals surface area contributed by atoms with Crippen LogP contribution in [0, 0.1) is 0 Å². The Morgan fingerprint density at radius 3 is 2.53 bits per heavy atom. The SMILES string of the molecule is C=CCc1ccc(OC(C)=O)c(OCOC(C)=O)c1. The molecule has 0 aliphatic carbocycles. The van der Waals surface area contributed by atoms with Gasteiger partial charge in [-0.25, -0.2) is 0 Å². The van der Waals surface area contributed by atoms with E-state index in [-0.39, 0.29) is 12.5 Å². The molecule has 0 unspecified atom stereocenters. The molecule has 0 fully saturated rings. The van der Waals surface area contributed by atoms with Gasteiger partial charge in [0, 0.05) is 13.8 Å². The van der Waals surface area contributed by atoms with Gasteiger partial charge < -0.3 is 14.2 Å². The number of carbonyl (C=O) groups excluding carboxylic acids is 2. The van der Waals surface area contributed by atoms with Crippen molar-refractivity contribution in [2.75, 3.05) is 6.79 Å². The van der Waals surface area contributed by atoms with Crippen molar-refractivity contribution >= 4 is 11.9 Å². The van der Waals surface area contributed by atoms with Gasteiger partial charge in [-0.15, -0.1) is 6.58 Å². The number of carbonyl (C=O) groups is 2. The highest BCUT2D eigenvalue weighted by Crippen LogP contribution is 2.29. The van der Waals surface area contributed by atoms with E-state index >= 15 is 0 Å². The molecule has 0 aliphatic heterocycles. The Hall–Kier alpha value is -2.30. The van der Waals surface area contributed by atoms with Crippen LogP contribution in [-0.2, 0) is 20.7 Å². The number of benzene rings is 1. The topological polar surface area (TPSA) is 61.8 Å². The number of rotatable bonds is 6. The van der Waals surface area contributed by atoms with Gasteiger partial charge in [0.1, 0.15) is 0 Å². The second-order valence-corrected chi connectivity index (χ2v) is 3.77. The minimum atomic E-state index is -0.450. The second-order valence-electron chi connectivity index (χ2n) is 3.77. The van der Waals surface area contributed by atoms with Gasteiger partial charge in [0.2, 0.25) is 6.79 Å². The first-order valence-electron chi connectivity index (χ1n) is 5.71. The normalized spacial score (nSPS) is 9.58. The molecule has 0 saturated carbocycles. The molecule has 1 rings (SSSR count). The van der Waals surface area contributed by atoms with Gasteiger partial charge in [-0.2, -0.15) is 0 Å². The first kappa shape index (κ1) is 14.8. The molecule has 0 N–H and O–H groups in total. The summed E-state index contributed by atoms with van der Waals surface area (Å²) in [5.74, 6) is -0.270. The zero-order valence-corrected chi connectivity index (χ0v) is 11.0. The molecule has 19 heavy (non-hydrogen) atoms. The molecule has 0 saturated heterocycles. The summed E-state index contributed by atoms with van der Waals surface area (Å²) in [6, 6.07) is 5.14. The highest BCUT2D eigenvalue weighted by atomic mass is 16.7. The van der Waals surface area contributed by atoms with E-state index in [0.29, 0.717) is 12.2 Å². The largest absolute Gasteiger partial charge is 0.453 e. The average Bonchev–Trinajstić information content (AvgIpc) is 2.31. The van der Waals surface area contributed by atoms with E-state index in [4.69, 9.17) is 9.47 Å². The van der Waals surface area contributed by atoms with Gasteiger partial charge in [0.05, 0.1) is 0 Å². The fourth-order valence-electron chi connectivity index (χ4n) is 1.37. The highest BCUT2D eigenvalue weighted by Gasteiger charge is 2.09. The Morgan fingerprint density at radius 1 is 1.21 bits per heavy atom. The third-order valence-electron chi connectivity index (χ3n) is 2.12. The first-order chi connectivity index (χ1) is 9.02. The van der Waals surface area contributed by atoms with Crippen LogP contribution in [0.15, 0.2) is 30.9 Å². The molecule has 102 valence electrons. The first-order valence-corrected chi connectivity index (χ1v) is 5.71. The molecular weight excluding hydrogens is 248 g/mol. The Bertz CT molecular complexity index is 479. The third-order valence-corrected chi connectivity index (χ3v) is 2.12. The molecule has 5 heteroatoms. The minimum Gasteiger partial charge on any atom is -0.453 e. The van der Waals surface area contributed by atoms with Crippen molar-refractivity contribution in [2.24, 2.45) is 0 Å². The van der Waals surface area contributed by atoms with E-state index in [9.17, 15) is 9.59 Å². The molecule has 0 aliphatic rings. The van der Waals surface area contributed by atoms with Gasteiger partial charge in [-0.05, 0) is 24.1 Å². The molecule has 0 amide bonds. The number of hydrogen-bond acceptors (Lipinski definition) is 5. The summed E-state index contributed by atoms with van der Waals surface area (Å²) >= 11 is 0. The van der Waals surface area contributed by atoms with Crippen LogP contribution in [0.3, 0.4) is 0 Å². The van der Waals surface area contributed by atoms with Gasteiger partial charge in [-0.1, -0.05) is 12.1 Å². The lowest BCUT2D eigenvalue weighted by Crippen LogP contribution is -2.09. The smallest absolute Gasteiger partial charge is 0.308 e. The molecule has 0 bridgehead atoms. The maximum absolute atomic E-state index is 11.0. The lowest BCUT2D eigenvalue weighted by atomic mass is 10.1. The van der Waals surface area contributed by atoms with E-state index in [1.807, 2.05) is 0 Å². The summed E-state index contributed by atoms with van der Waals surface area (Å²) in [7, 11) is 0. The lowest BCUT2D eigenvalue weighted by molar-refractivity contribution is -0.147. The Morgan fingerprint density at radius 2 is 1.95 bits per heavy atom. The van der Waals surface area contributed by atoms with Crippen LogP contribution in [0.4, 0.5) is 0 Å². The quantitative estimate of drug-likeness (QED) is 0.341. The van der Waals surface area contributed by atoms with Crippen LogP contribution in [-0.4, -0.2) is 18.7 Å². The van der Waals surface area contributed by atoms with Crippen molar-refractivity contribution in [2.45, 2.75) is 20.3 Å². The molecule has 5 nitrogen and oxygen atoms in total. The van der Waals surface area contributed by atoms with Crippen LogP contribution >= 0.6 is 0 Å². The van der Waals surface area contributed by atoms with E-state index in [2.05, 4.69) is 11.3 Å². The summed E-state index contributed by atoms with van der Waals surface area (Å²) in [4.78, 5) is 21.6. The maximum Gasteiger partial charge on any atom is 0.308 e. The molecule has 0 heterocycles. The maximum atomic E-state index is 11.0. The fraction of sp³-hybridized carbons (Fsp3) is 0.286. The molecule has 0 spiro atoms. The molecule has 1 aromatic carbocycles. The minimum absolute atomic E-state index is 0.235. The van der Waals surface area contributed by atoms with Crippen molar-refractivity contribution in [3.05, 3.63) is 36.4 Å². The number of hydrogen-bond donors (Lipinski definition) is 0. The van der Waals surface area contributed by atoms with E-state index < -0.39 is 11.9 Å². The summed E-state index contributed by atoms with van der Waals surface area (Å²) < 4.78 is 15.0. The van der Waals surface area contributed by atoms with E-state index in [1.54, 1.807) is 24.3 Å². The van der Waals surface area contributed by atoms with Gasteiger partial charge >= 0.3 is 11.9 Å². The van der Waals surface area contributed by atoms with E-state index in [0.717, 1.165) is 5.56 Å². The van der Waals surface area contributed by atoms with Crippen LogP contribution in [0.5, 0.6) is 11.5 Å². The zero-order valence-electron chi connectivity index (χ0n) is 11.0. The standard InChI is InChI=1S/C14H16O5/c1-4-5-12-6-7-13(19-11(3)16)14(8-12)18-9-17-10(2)15/h4,6-8H,1,5,9H2,2-3H3. The van der Waals surface area contributed by atoms with Crippen LogP contribution in [0.25, 0.3) is 0 Å². The van der Waals surface area contributed by atoms with Gasteiger partial charge in [0.25, 0.3) is 0 Å². The van der Waals surface area contributed by atoms with Crippen molar-refractivity contribution in [1.82, 2.24) is 0 Å². The van der Waals surface area contributed by atoms with E-state index in [1.165, 1.54) is 13.8 Å². The Balaban J connectivity index is 2.86. The summed E-state index contributed by atoms with van der Waals surface area (Å²) in [6.45, 7) is 5.99. The fourth-order valence-corrected chi connectivity index (χ4v) is 1.37. The van der Waals surface area contributed by atoms with Crippen LogP contribution < -0.4 is 9.47 Å². The average molecular weight is 264 g/mol. The van der Waals surface area contributed by atoms with Gasteiger partial charge in [0.15, 0.2) is 11.5 Å². The lowest BCUT2D eigenvalue weighted by Gasteiger charge is -2.12. The molecule has 0 atom stereocenters. The zero-order chi connectivity index (χ0) is 14.3. The summed E-state index contributed by atoms with van der Waals surface area (Å²) in [6.07, 6.45) is 2.40. The Labute approximate surface area is 111 Å². The number of esters is 2. The van der Waals surface area contributed by atoms with Crippen molar-refractivity contribution in [1.29, 1.82) is 0 Å². The molecular formula is C14H16O5. The van der Waals surface area contributed by atoms with Crippen LogP contribution in [0.1, 0.15) is 19.4 Å². The number of allylic oxidation sites excluding steroid dienone is 1.